The highest BCUT2D eigenvalue weighted by Gasteiger charge is 2.36. The van der Waals surface area contributed by atoms with Gasteiger partial charge in [0.25, 0.3) is 0 Å². The van der Waals surface area contributed by atoms with E-state index in [9.17, 15) is 9.36 Å². The molecule has 5 nitrogen and oxygen atoms in total. The molecule has 18 heavy (non-hydrogen) atoms. The number of unbranched alkanes of at least 4 members (excludes halogenated alkanes) is 1. The molecule has 0 amide bonds. The molecule has 0 spiro atoms. The SMILES string of the molecule is CCCC.O=C(O)C(c1ccccc1)P(=O)(O)O. The lowest BCUT2D eigenvalue weighted by molar-refractivity contribution is -0.137. The van der Waals surface area contributed by atoms with Crippen LogP contribution in [-0.4, -0.2) is 20.9 Å². The number of carbonyl (C=O) groups is 1. The molecule has 1 unspecified atom stereocenters. The molecule has 0 radical (unpaired) electrons. The van der Waals surface area contributed by atoms with Crippen LogP contribution in [0.3, 0.4) is 0 Å². The van der Waals surface area contributed by atoms with Gasteiger partial charge in [0, 0.05) is 0 Å². The zero-order valence-corrected chi connectivity index (χ0v) is 11.4. The highest BCUT2D eigenvalue weighted by molar-refractivity contribution is 7.53. The van der Waals surface area contributed by atoms with Crippen molar-refractivity contribution >= 4 is 13.6 Å². The maximum absolute atomic E-state index is 10.9. The molecule has 0 fully saturated rings. The molecule has 0 bridgehead atoms. The van der Waals surface area contributed by atoms with Crippen molar-refractivity contribution in [3.63, 3.8) is 0 Å². The van der Waals surface area contributed by atoms with Gasteiger partial charge in [0.05, 0.1) is 0 Å². The van der Waals surface area contributed by atoms with Gasteiger partial charge in [0.1, 0.15) is 0 Å². The third-order valence-electron chi connectivity index (χ3n) is 2.19. The maximum Gasteiger partial charge on any atom is 0.344 e. The van der Waals surface area contributed by atoms with E-state index in [0.717, 1.165) is 0 Å². The van der Waals surface area contributed by atoms with Gasteiger partial charge in [-0.2, -0.15) is 0 Å². The summed E-state index contributed by atoms with van der Waals surface area (Å²) >= 11 is 0. The molecule has 0 saturated heterocycles. The van der Waals surface area contributed by atoms with Crippen LogP contribution in [0.4, 0.5) is 0 Å². The van der Waals surface area contributed by atoms with Crippen molar-refractivity contribution in [3.05, 3.63) is 35.9 Å². The van der Waals surface area contributed by atoms with Crippen molar-refractivity contribution in [3.8, 4) is 0 Å². The van der Waals surface area contributed by atoms with Crippen LogP contribution < -0.4 is 0 Å². The topological polar surface area (TPSA) is 94.8 Å². The Morgan fingerprint density at radius 3 is 1.89 bits per heavy atom. The maximum atomic E-state index is 10.9. The van der Waals surface area contributed by atoms with Crippen molar-refractivity contribution in [1.29, 1.82) is 0 Å². The van der Waals surface area contributed by atoms with Crippen molar-refractivity contribution in [1.82, 2.24) is 0 Å². The summed E-state index contributed by atoms with van der Waals surface area (Å²) in [4.78, 5) is 28.3. The highest BCUT2D eigenvalue weighted by atomic mass is 31.2. The van der Waals surface area contributed by atoms with Crippen molar-refractivity contribution < 1.29 is 24.3 Å². The summed E-state index contributed by atoms with van der Waals surface area (Å²) < 4.78 is 10.9. The second-order valence-corrected chi connectivity index (χ2v) is 5.44. The third kappa shape index (κ3) is 5.96. The lowest BCUT2D eigenvalue weighted by atomic mass is 10.1. The molecule has 1 rings (SSSR count). The van der Waals surface area contributed by atoms with Crippen molar-refractivity contribution in [2.75, 3.05) is 0 Å². The summed E-state index contributed by atoms with van der Waals surface area (Å²) in [5.74, 6) is -1.52. The summed E-state index contributed by atoms with van der Waals surface area (Å²) in [5, 5.41) is 8.67. The molecule has 3 N–H and O–H groups in total. The van der Waals surface area contributed by atoms with Crippen molar-refractivity contribution in [2.45, 2.75) is 32.3 Å². The predicted molar refractivity (Wildman–Crippen MR) is 69.4 cm³/mol. The molecule has 0 aliphatic heterocycles. The third-order valence-corrected chi connectivity index (χ3v) is 3.38. The number of hydrogen-bond acceptors (Lipinski definition) is 2. The molecular formula is C12H19O5P. The molecule has 0 aliphatic rings. The Hall–Kier alpha value is -1.16. The number of aliphatic carboxylic acids is 1. The van der Waals surface area contributed by atoms with Gasteiger partial charge in [0.2, 0.25) is 0 Å². The van der Waals surface area contributed by atoms with Crippen LogP contribution in [0.2, 0.25) is 0 Å². The van der Waals surface area contributed by atoms with E-state index >= 15 is 0 Å². The molecular weight excluding hydrogens is 255 g/mol. The standard InChI is InChI=1S/C8H9O5P.C4H10/c9-8(10)7(14(11,12)13)6-4-2-1-3-5-6;1-3-4-2/h1-5,7H,(H,9,10)(H2,11,12,13);3-4H2,1-2H3. The lowest BCUT2D eigenvalue weighted by Gasteiger charge is -2.13. The molecule has 1 aromatic rings. The summed E-state index contributed by atoms with van der Waals surface area (Å²) in [6.45, 7) is 4.36. The fraction of sp³-hybridized carbons (Fsp3) is 0.417. The van der Waals surface area contributed by atoms with Crippen LogP contribution in [0.5, 0.6) is 0 Å². The van der Waals surface area contributed by atoms with Gasteiger partial charge in [-0.25, -0.2) is 0 Å². The van der Waals surface area contributed by atoms with Crippen molar-refractivity contribution in [2.24, 2.45) is 0 Å². The summed E-state index contributed by atoms with van der Waals surface area (Å²) in [6.07, 6.45) is 2.64. The summed E-state index contributed by atoms with van der Waals surface area (Å²) in [5.41, 5.74) is -1.67. The van der Waals surface area contributed by atoms with Crippen LogP contribution in [0.1, 0.15) is 37.9 Å². The van der Waals surface area contributed by atoms with Gasteiger partial charge >= 0.3 is 13.6 Å². The molecule has 6 heteroatoms. The second-order valence-electron chi connectivity index (χ2n) is 3.74. The van der Waals surface area contributed by atoms with Gasteiger partial charge in [-0.05, 0) is 5.56 Å². The van der Waals surface area contributed by atoms with E-state index < -0.39 is 19.2 Å². The Labute approximate surface area is 107 Å². The fourth-order valence-electron chi connectivity index (χ4n) is 1.12. The first kappa shape index (κ1) is 16.8. The monoisotopic (exact) mass is 274 g/mol. The van der Waals surface area contributed by atoms with Crippen LogP contribution >= 0.6 is 7.60 Å². The minimum absolute atomic E-state index is 0.105. The van der Waals surface area contributed by atoms with E-state index in [1.54, 1.807) is 6.07 Å². The molecule has 0 saturated carbocycles. The number of carboxylic acids is 1. The smallest absolute Gasteiger partial charge is 0.344 e. The first-order valence-electron chi connectivity index (χ1n) is 5.67. The molecule has 0 heterocycles. The van der Waals surface area contributed by atoms with Crippen LogP contribution in [0.25, 0.3) is 0 Å². The largest absolute Gasteiger partial charge is 0.480 e. The number of rotatable bonds is 4. The summed E-state index contributed by atoms with van der Waals surface area (Å²) in [7, 11) is -4.65. The van der Waals surface area contributed by atoms with Crippen LogP contribution in [0, 0.1) is 0 Å². The highest BCUT2D eigenvalue weighted by Crippen LogP contribution is 2.51. The quantitative estimate of drug-likeness (QED) is 0.734. The number of hydrogen-bond donors (Lipinski definition) is 3. The van der Waals surface area contributed by atoms with Gasteiger partial charge in [-0.1, -0.05) is 57.0 Å². The minimum Gasteiger partial charge on any atom is -0.480 e. The lowest BCUT2D eigenvalue weighted by Crippen LogP contribution is -2.11. The number of benzene rings is 1. The average Bonchev–Trinajstić information content (AvgIpc) is 2.28. The molecule has 1 atom stereocenters. The second kappa shape index (κ2) is 8.03. The van der Waals surface area contributed by atoms with E-state index in [1.165, 1.54) is 37.1 Å². The van der Waals surface area contributed by atoms with Gasteiger partial charge < -0.3 is 14.9 Å². The Morgan fingerprint density at radius 1 is 1.17 bits per heavy atom. The Bertz CT molecular complexity index is 396. The van der Waals surface area contributed by atoms with E-state index in [4.69, 9.17) is 14.9 Å². The van der Waals surface area contributed by atoms with Gasteiger partial charge in [0.15, 0.2) is 5.66 Å². The van der Waals surface area contributed by atoms with Crippen LogP contribution in [0.15, 0.2) is 30.3 Å². The van der Waals surface area contributed by atoms with E-state index in [-0.39, 0.29) is 5.56 Å². The van der Waals surface area contributed by atoms with Gasteiger partial charge in [-0.3, -0.25) is 9.36 Å². The fourth-order valence-corrected chi connectivity index (χ4v) is 1.96. The van der Waals surface area contributed by atoms with Crippen LogP contribution in [-0.2, 0) is 9.36 Å². The molecule has 0 aromatic heterocycles. The van der Waals surface area contributed by atoms with E-state index in [2.05, 4.69) is 13.8 Å². The Kier molecular flexibility index (Phi) is 7.51. The van der Waals surface area contributed by atoms with E-state index in [0.29, 0.717) is 0 Å². The first-order valence-corrected chi connectivity index (χ1v) is 7.35. The molecule has 1 aromatic carbocycles. The zero-order chi connectivity index (χ0) is 14.2. The normalized spacial score (nSPS) is 12.2. The summed E-state index contributed by atoms with van der Waals surface area (Å²) in [6, 6.07) is 7.44. The number of carboxylic acid groups (broad SMARTS) is 1. The van der Waals surface area contributed by atoms with Gasteiger partial charge in [-0.15, -0.1) is 0 Å². The zero-order valence-electron chi connectivity index (χ0n) is 10.5. The first-order chi connectivity index (χ1) is 8.34. The Morgan fingerprint density at radius 2 is 1.61 bits per heavy atom. The van der Waals surface area contributed by atoms with E-state index in [1.807, 2.05) is 0 Å². The molecule has 0 aliphatic carbocycles. The molecule has 102 valence electrons. The predicted octanol–water partition coefficient (Wildman–Crippen LogP) is 2.80. The average molecular weight is 274 g/mol. The minimum atomic E-state index is -4.65. The Balaban J connectivity index is 0.000000631.